The van der Waals surface area contributed by atoms with Crippen molar-refractivity contribution in [2.45, 2.75) is 26.3 Å². The van der Waals surface area contributed by atoms with Gasteiger partial charge in [0.1, 0.15) is 18.2 Å². The van der Waals surface area contributed by atoms with Crippen molar-refractivity contribution in [3.05, 3.63) is 35.2 Å². The average Bonchev–Trinajstić information content (AvgIpc) is 2.90. The third-order valence-corrected chi connectivity index (χ3v) is 4.04. The second kappa shape index (κ2) is 5.54. The third kappa shape index (κ3) is 2.24. The molecule has 21 heavy (non-hydrogen) atoms. The Labute approximate surface area is 126 Å². The van der Waals surface area contributed by atoms with Gasteiger partial charge in [-0.15, -0.1) is 0 Å². The minimum Gasteiger partial charge on any atom is -0.333 e. The van der Waals surface area contributed by atoms with Gasteiger partial charge in [0.15, 0.2) is 0 Å². The van der Waals surface area contributed by atoms with Crippen LogP contribution in [0.3, 0.4) is 0 Å². The number of nitrogens with one attached hydrogen (secondary N) is 1. The Morgan fingerprint density at radius 1 is 1.43 bits per heavy atom. The monoisotopic (exact) mass is 289 g/mol. The molecule has 1 unspecified atom stereocenters. The summed E-state index contributed by atoms with van der Waals surface area (Å²) in [6.07, 6.45) is 7.23. The maximum atomic E-state index is 5.33. The predicted octanol–water partition coefficient (Wildman–Crippen LogP) is 1.44. The highest BCUT2D eigenvalue weighted by Gasteiger charge is 2.36. The van der Waals surface area contributed by atoms with Crippen molar-refractivity contribution in [2.75, 3.05) is 27.4 Å². The molecule has 0 saturated carbocycles. The van der Waals surface area contributed by atoms with Crippen molar-refractivity contribution in [3.8, 4) is 0 Å². The zero-order valence-electron chi connectivity index (χ0n) is 13.1. The van der Waals surface area contributed by atoms with Crippen molar-refractivity contribution in [2.24, 2.45) is 4.99 Å². The van der Waals surface area contributed by atoms with Crippen LogP contribution < -0.4 is 5.32 Å². The molecule has 3 heterocycles. The van der Waals surface area contributed by atoms with Gasteiger partial charge in [-0.1, -0.05) is 6.92 Å². The second-order valence-electron chi connectivity index (χ2n) is 5.48. The summed E-state index contributed by atoms with van der Waals surface area (Å²) in [5.41, 5.74) is 3.44. The minimum atomic E-state index is 0.169. The molecule has 0 aromatic carbocycles. The van der Waals surface area contributed by atoms with Gasteiger partial charge in [-0.25, -0.2) is 5.06 Å². The molecular weight excluding hydrogens is 266 g/mol. The van der Waals surface area contributed by atoms with Gasteiger partial charge < -0.3 is 15.1 Å². The number of hydrogen-bond donors (Lipinski definition) is 1. The molecule has 1 atom stereocenters. The molecule has 114 valence electrons. The first-order valence-electron chi connectivity index (χ1n) is 7.40. The number of fused-ring (bicyclic) bond motifs is 2. The molecule has 0 aromatic rings. The van der Waals surface area contributed by atoms with E-state index in [9.17, 15) is 0 Å². The van der Waals surface area contributed by atoms with Crippen LogP contribution in [0.2, 0.25) is 0 Å². The molecule has 0 aliphatic carbocycles. The Morgan fingerprint density at radius 3 is 2.90 bits per heavy atom. The smallest absolute Gasteiger partial charge is 0.138 e. The molecule has 6 nitrogen and oxygen atoms in total. The van der Waals surface area contributed by atoms with Crippen LogP contribution in [0.25, 0.3) is 0 Å². The summed E-state index contributed by atoms with van der Waals surface area (Å²) in [5, 5.41) is 5.18. The number of hydrogen-bond acceptors (Lipinski definition) is 6. The highest BCUT2D eigenvalue weighted by atomic mass is 16.7. The van der Waals surface area contributed by atoms with Gasteiger partial charge in [-0.2, -0.15) is 0 Å². The number of allylic oxidation sites excluding steroid dienone is 1. The summed E-state index contributed by atoms with van der Waals surface area (Å²) in [4.78, 5) is 14.6. The average molecular weight is 289 g/mol. The van der Waals surface area contributed by atoms with E-state index < -0.39 is 0 Å². The zero-order valence-corrected chi connectivity index (χ0v) is 13.1. The SMILES string of the molecule is CCCN1C=C(C)C(NC)C2=C1N1CN(OC)C=C1C=N2. The molecule has 3 aliphatic rings. The first kappa shape index (κ1) is 14.2. The fourth-order valence-electron chi connectivity index (χ4n) is 3.09. The number of likely N-dealkylation sites (N-methyl/N-ethyl adjacent to an activating group) is 1. The van der Waals surface area contributed by atoms with Gasteiger partial charge in [-0.3, -0.25) is 9.83 Å². The molecule has 3 aliphatic heterocycles. The molecule has 0 bridgehead atoms. The molecule has 0 aromatic heterocycles. The standard InChI is InChI=1S/C15H23N5O/c1-5-6-18-8-11(2)13(16-3)14-15(18)20-10-19(21-4)9-12(20)7-17-14/h7-9,13,16H,5-6,10H2,1-4H3. The fraction of sp³-hybridized carbons (Fsp3) is 0.533. The van der Waals surface area contributed by atoms with Gasteiger partial charge in [0.2, 0.25) is 0 Å². The number of nitrogens with zero attached hydrogens (tertiary/aromatic N) is 4. The Hall–Kier alpha value is -1.79. The lowest BCUT2D eigenvalue weighted by atomic mass is 10.0. The van der Waals surface area contributed by atoms with E-state index >= 15 is 0 Å². The quantitative estimate of drug-likeness (QED) is 0.848. The Bertz CT molecular complexity index is 548. The van der Waals surface area contributed by atoms with Crippen molar-refractivity contribution in [3.63, 3.8) is 0 Å². The molecule has 0 amide bonds. The molecule has 1 N–H and O–H groups in total. The molecule has 6 heteroatoms. The Morgan fingerprint density at radius 2 is 2.24 bits per heavy atom. The number of aliphatic imine (C=N–C) groups is 1. The van der Waals surface area contributed by atoms with Crippen LogP contribution >= 0.6 is 0 Å². The van der Waals surface area contributed by atoms with Crippen LogP contribution in [0.4, 0.5) is 0 Å². The Kier molecular flexibility index (Phi) is 3.73. The summed E-state index contributed by atoms with van der Waals surface area (Å²) in [6, 6.07) is 0.169. The van der Waals surface area contributed by atoms with Crippen LogP contribution in [0.1, 0.15) is 20.3 Å². The summed E-state index contributed by atoms with van der Waals surface area (Å²) in [7, 11) is 3.67. The van der Waals surface area contributed by atoms with Gasteiger partial charge in [-0.05, 0) is 26.0 Å². The summed E-state index contributed by atoms with van der Waals surface area (Å²) in [5.74, 6) is 1.16. The van der Waals surface area contributed by atoms with E-state index in [0.29, 0.717) is 6.67 Å². The highest BCUT2D eigenvalue weighted by Crippen LogP contribution is 2.35. The Balaban J connectivity index is 2.01. The zero-order chi connectivity index (χ0) is 15.0. The van der Waals surface area contributed by atoms with Crippen molar-refractivity contribution < 1.29 is 4.84 Å². The van der Waals surface area contributed by atoms with Gasteiger partial charge in [0.05, 0.1) is 31.3 Å². The predicted molar refractivity (Wildman–Crippen MR) is 82.8 cm³/mol. The summed E-state index contributed by atoms with van der Waals surface area (Å²) < 4.78 is 0. The maximum Gasteiger partial charge on any atom is 0.138 e. The molecule has 0 fully saturated rings. The van der Waals surface area contributed by atoms with E-state index in [1.54, 1.807) is 7.11 Å². The molecule has 0 saturated heterocycles. The van der Waals surface area contributed by atoms with Crippen LogP contribution in [0, 0.1) is 0 Å². The lowest BCUT2D eigenvalue weighted by Gasteiger charge is -2.40. The fourth-order valence-corrected chi connectivity index (χ4v) is 3.09. The van der Waals surface area contributed by atoms with E-state index in [0.717, 1.165) is 30.2 Å². The molecular formula is C15H23N5O. The molecule has 3 rings (SSSR count). The van der Waals surface area contributed by atoms with E-state index in [2.05, 4.69) is 35.2 Å². The maximum absolute atomic E-state index is 5.33. The van der Waals surface area contributed by atoms with E-state index in [4.69, 9.17) is 9.83 Å². The van der Waals surface area contributed by atoms with Gasteiger partial charge in [0.25, 0.3) is 0 Å². The lowest BCUT2D eigenvalue weighted by molar-refractivity contribution is -0.0968. The first-order valence-corrected chi connectivity index (χ1v) is 7.40. The minimum absolute atomic E-state index is 0.169. The first-order chi connectivity index (χ1) is 10.2. The lowest BCUT2D eigenvalue weighted by Crippen LogP contribution is -2.44. The van der Waals surface area contributed by atoms with Crippen molar-refractivity contribution in [1.29, 1.82) is 0 Å². The van der Waals surface area contributed by atoms with E-state index in [-0.39, 0.29) is 6.04 Å². The highest BCUT2D eigenvalue weighted by molar-refractivity contribution is 5.81. The van der Waals surface area contributed by atoms with Crippen molar-refractivity contribution >= 4 is 6.21 Å². The van der Waals surface area contributed by atoms with E-state index in [1.165, 1.54) is 5.57 Å². The van der Waals surface area contributed by atoms with Gasteiger partial charge >= 0.3 is 0 Å². The van der Waals surface area contributed by atoms with Crippen LogP contribution in [-0.4, -0.2) is 54.5 Å². The molecule has 0 spiro atoms. The van der Waals surface area contributed by atoms with Gasteiger partial charge in [0, 0.05) is 12.7 Å². The van der Waals surface area contributed by atoms with Crippen molar-refractivity contribution in [1.82, 2.24) is 20.2 Å². The summed E-state index contributed by atoms with van der Waals surface area (Å²) in [6.45, 7) is 6.03. The van der Waals surface area contributed by atoms with Crippen LogP contribution in [-0.2, 0) is 4.84 Å². The topological polar surface area (TPSA) is 43.3 Å². The van der Waals surface area contributed by atoms with E-state index in [1.807, 2.05) is 24.5 Å². The summed E-state index contributed by atoms with van der Waals surface area (Å²) >= 11 is 0. The largest absolute Gasteiger partial charge is 0.333 e. The normalized spacial score (nSPS) is 24.2. The number of hydroxylamine groups is 2. The number of rotatable bonds is 4. The molecule has 0 radical (unpaired) electrons. The van der Waals surface area contributed by atoms with Crippen LogP contribution in [0.15, 0.2) is 40.2 Å². The second-order valence-corrected chi connectivity index (χ2v) is 5.48. The third-order valence-electron chi connectivity index (χ3n) is 4.04. The van der Waals surface area contributed by atoms with Crippen LogP contribution in [0.5, 0.6) is 0 Å².